The monoisotopic (exact) mass is 451 g/mol. The zero-order valence-corrected chi connectivity index (χ0v) is 18.7. The van der Waals surface area contributed by atoms with Crippen molar-refractivity contribution >= 4 is 17.3 Å². The van der Waals surface area contributed by atoms with E-state index in [9.17, 15) is 9.59 Å². The topological polar surface area (TPSA) is 82.8 Å². The van der Waals surface area contributed by atoms with E-state index >= 15 is 0 Å². The molecule has 0 radical (unpaired) electrons. The molecular weight excluding hydrogens is 426 g/mol. The maximum Gasteiger partial charge on any atom is 0.299 e. The predicted octanol–water partition coefficient (Wildman–Crippen LogP) is 5.87. The van der Waals surface area contributed by atoms with Crippen molar-refractivity contribution in [3.05, 3.63) is 101 Å². The number of rotatable bonds is 5. The Bertz CT molecular complexity index is 1350. The Morgan fingerprint density at radius 3 is 2.09 bits per heavy atom. The van der Waals surface area contributed by atoms with Gasteiger partial charge in [0.05, 0.1) is 17.1 Å². The molecule has 3 aromatic carbocycles. The summed E-state index contributed by atoms with van der Waals surface area (Å²) in [5.74, 6) is 0.0346. The second-order valence-corrected chi connectivity index (χ2v) is 8.28. The van der Waals surface area contributed by atoms with Gasteiger partial charge in [0.15, 0.2) is 5.69 Å². The SMILES string of the molecule is O=C(c1ccc(-n2[nH]c(-c3ccccc3)c(N=Nc3ccccc3)c2=O)cc1)N1CCCCC1. The molecule has 1 amide bonds. The van der Waals surface area contributed by atoms with Gasteiger partial charge in [-0.05, 0) is 55.7 Å². The van der Waals surface area contributed by atoms with Gasteiger partial charge in [0.1, 0.15) is 0 Å². The van der Waals surface area contributed by atoms with E-state index in [1.807, 2.05) is 65.6 Å². The van der Waals surface area contributed by atoms with Crippen LogP contribution in [0.1, 0.15) is 29.6 Å². The highest BCUT2D eigenvalue weighted by atomic mass is 16.2. The largest absolute Gasteiger partial charge is 0.339 e. The summed E-state index contributed by atoms with van der Waals surface area (Å²) in [6.45, 7) is 1.60. The molecule has 0 spiro atoms. The van der Waals surface area contributed by atoms with Gasteiger partial charge in [-0.1, -0.05) is 48.5 Å². The van der Waals surface area contributed by atoms with Gasteiger partial charge in [-0.3, -0.25) is 14.7 Å². The summed E-state index contributed by atoms with van der Waals surface area (Å²) in [4.78, 5) is 28.1. The number of amides is 1. The van der Waals surface area contributed by atoms with E-state index in [4.69, 9.17) is 0 Å². The molecule has 1 aliphatic heterocycles. The van der Waals surface area contributed by atoms with E-state index in [-0.39, 0.29) is 17.2 Å². The summed E-state index contributed by atoms with van der Waals surface area (Å²) in [7, 11) is 0. The molecule has 0 aliphatic carbocycles. The van der Waals surface area contributed by atoms with E-state index in [1.165, 1.54) is 11.1 Å². The van der Waals surface area contributed by atoms with Crippen molar-refractivity contribution in [2.24, 2.45) is 10.2 Å². The highest BCUT2D eigenvalue weighted by Crippen LogP contribution is 2.28. The fraction of sp³-hybridized carbons (Fsp3) is 0.185. The van der Waals surface area contributed by atoms with Crippen LogP contribution in [-0.4, -0.2) is 33.7 Å². The molecule has 1 aliphatic rings. The fourth-order valence-electron chi connectivity index (χ4n) is 4.14. The molecule has 1 N–H and O–H groups in total. The molecule has 1 fully saturated rings. The zero-order valence-electron chi connectivity index (χ0n) is 18.7. The van der Waals surface area contributed by atoms with Crippen LogP contribution >= 0.6 is 0 Å². The predicted molar refractivity (Wildman–Crippen MR) is 132 cm³/mol. The Morgan fingerprint density at radius 1 is 0.765 bits per heavy atom. The summed E-state index contributed by atoms with van der Waals surface area (Å²) >= 11 is 0. The number of nitrogens with zero attached hydrogens (tertiary/aromatic N) is 4. The molecule has 1 saturated heterocycles. The van der Waals surface area contributed by atoms with Gasteiger partial charge >= 0.3 is 0 Å². The molecule has 2 heterocycles. The van der Waals surface area contributed by atoms with Crippen molar-refractivity contribution in [2.45, 2.75) is 19.3 Å². The molecule has 34 heavy (non-hydrogen) atoms. The highest BCUT2D eigenvalue weighted by molar-refractivity contribution is 5.94. The van der Waals surface area contributed by atoms with Crippen LogP contribution in [0, 0.1) is 0 Å². The van der Waals surface area contributed by atoms with Gasteiger partial charge in [-0.15, -0.1) is 5.11 Å². The smallest absolute Gasteiger partial charge is 0.299 e. The van der Waals surface area contributed by atoms with Crippen LogP contribution in [0.5, 0.6) is 0 Å². The molecule has 0 unspecified atom stereocenters. The number of nitrogens with one attached hydrogen (secondary N) is 1. The first kappa shape index (κ1) is 21.6. The number of carbonyl (C=O) groups excluding carboxylic acids is 1. The molecule has 7 heteroatoms. The average molecular weight is 452 g/mol. The quantitative estimate of drug-likeness (QED) is 0.385. The van der Waals surface area contributed by atoms with Gasteiger partial charge in [-0.2, -0.15) is 5.11 Å². The zero-order chi connectivity index (χ0) is 23.3. The Hall–Kier alpha value is -4.26. The van der Waals surface area contributed by atoms with Crippen LogP contribution in [0.4, 0.5) is 11.4 Å². The van der Waals surface area contributed by atoms with Crippen molar-refractivity contribution < 1.29 is 4.79 Å². The highest BCUT2D eigenvalue weighted by Gasteiger charge is 2.20. The van der Waals surface area contributed by atoms with Gasteiger partial charge in [0, 0.05) is 24.2 Å². The Morgan fingerprint density at radius 2 is 1.41 bits per heavy atom. The van der Waals surface area contributed by atoms with E-state index in [0.717, 1.165) is 31.5 Å². The Balaban J connectivity index is 1.50. The first-order valence-electron chi connectivity index (χ1n) is 11.5. The number of aromatic nitrogens is 2. The maximum atomic E-state index is 13.4. The second-order valence-electron chi connectivity index (χ2n) is 8.28. The van der Waals surface area contributed by atoms with E-state index < -0.39 is 0 Å². The van der Waals surface area contributed by atoms with Crippen molar-refractivity contribution in [1.82, 2.24) is 14.7 Å². The van der Waals surface area contributed by atoms with Crippen molar-refractivity contribution in [3.8, 4) is 16.9 Å². The van der Waals surface area contributed by atoms with Crippen molar-refractivity contribution in [2.75, 3.05) is 13.1 Å². The second kappa shape index (κ2) is 9.70. The van der Waals surface area contributed by atoms with Gasteiger partial charge in [0.25, 0.3) is 11.5 Å². The van der Waals surface area contributed by atoms with Crippen LogP contribution in [0.3, 0.4) is 0 Å². The summed E-state index contributed by atoms with van der Waals surface area (Å²) in [6, 6.07) is 26.0. The third-order valence-corrected chi connectivity index (χ3v) is 5.97. The van der Waals surface area contributed by atoms with Crippen molar-refractivity contribution in [1.29, 1.82) is 0 Å². The number of likely N-dealkylation sites (tertiary alicyclic amines) is 1. The molecule has 170 valence electrons. The lowest BCUT2D eigenvalue weighted by Gasteiger charge is -2.26. The van der Waals surface area contributed by atoms with Crippen LogP contribution in [0.2, 0.25) is 0 Å². The van der Waals surface area contributed by atoms with Crippen LogP contribution < -0.4 is 5.56 Å². The minimum absolute atomic E-state index is 0.0346. The Kier molecular flexibility index (Phi) is 6.16. The molecule has 5 rings (SSSR count). The van der Waals surface area contributed by atoms with E-state index in [1.54, 1.807) is 24.3 Å². The summed E-state index contributed by atoms with van der Waals surface area (Å²) < 4.78 is 1.44. The van der Waals surface area contributed by atoms with Gasteiger partial charge in [0.2, 0.25) is 0 Å². The number of hydrogen-bond donors (Lipinski definition) is 1. The van der Waals surface area contributed by atoms with Crippen LogP contribution in [0.15, 0.2) is 100.0 Å². The summed E-state index contributed by atoms with van der Waals surface area (Å²) in [6.07, 6.45) is 3.26. The van der Waals surface area contributed by atoms with Gasteiger partial charge in [-0.25, -0.2) is 4.68 Å². The summed E-state index contributed by atoms with van der Waals surface area (Å²) in [5, 5.41) is 11.8. The van der Waals surface area contributed by atoms with Gasteiger partial charge < -0.3 is 4.90 Å². The molecule has 0 atom stereocenters. The van der Waals surface area contributed by atoms with E-state index in [0.29, 0.717) is 22.6 Å². The number of piperidine rings is 1. The number of hydrogen-bond acceptors (Lipinski definition) is 4. The molecule has 0 bridgehead atoms. The number of H-pyrrole nitrogens is 1. The molecular formula is C27H25N5O2. The minimum Gasteiger partial charge on any atom is -0.339 e. The maximum absolute atomic E-state index is 13.4. The first-order valence-corrected chi connectivity index (χ1v) is 11.5. The van der Waals surface area contributed by atoms with E-state index in [2.05, 4.69) is 15.3 Å². The third kappa shape index (κ3) is 4.45. The third-order valence-electron chi connectivity index (χ3n) is 5.97. The number of carbonyl (C=O) groups is 1. The lowest BCUT2D eigenvalue weighted by atomic mass is 10.1. The molecule has 4 aromatic rings. The summed E-state index contributed by atoms with van der Waals surface area (Å²) in [5.41, 5.74) is 3.23. The molecule has 0 saturated carbocycles. The molecule has 7 nitrogen and oxygen atoms in total. The lowest BCUT2D eigenvalue weighted by Crippen LogP contribution is -2.35. The number of azo groups is 1. The lowest BCUT2D eigenvalue weighted by molar-refractivity contribution is 0.0724. The minimum atomic E-state index is -0.311. The van der Waals surface area contributed by atoms with Crippen LogP contribution in [-0.2, 0) is 0 Å². The van der Waals surface area contributed by atoms with Crippen molar-refractivity contribution in [3.63, 3.8) is 0 Å². The first-order chi connectivity index (χ1) is 16.7. The normalized spacial score (nSPS) is 13.9. The standard InChI is InChI=1S/C27H25N5O2/c33-26(31-18-8-3-9-19-31)21-14-16-23(17-15-21)32-27(34)25(29-28-22-12-6-2-7-13-22)24(30-32)20-10-4-1-5-11-20/h1-2,4-7,10-17,30H,3,8-9,18-19H2. The van der Waals surface area contributed by atoms with Crippen LogP contribution in [0.25, 0.3) is 16.9 Å². The molecule has 1 aromatic heterocycles. The fourth-order valence-corrected chi connectivity index (χ4v) is 4.14. The number of aromatic amines is 1. The Labute approximate surface area is 197 Å². The number of benzene rings is 3. The average Bonchev–Trinajstić information content (AvgIpc) is 3.24.